The van der Waals surface area contributed by atoms with E-state index in [9.17, 15) is 14.4 Å². The number of hydrogen-bond donors (Lipinski definition) is 0. The number of fused-ring (bicyclic) bond motifs is 1. The van der Waals surface area contributed by atoms with Gasteiger partial charge in [-0.25, -0.2) is 0 Å². The summed E-state index contributed by atoms with van der Waals surface area (Å²) in [4.78, 5) is 37.3. The van der Waals surface area contributed by atoms with E-state index < -0.39 is 17.1 Å². The summed E-state index contributed by atoms with van der Waals surface area (Å²) in [6, 6.07) is 7.90. The molecule has 1 aliphatic heterocycles. The summed E-state index contributed by atoms with van der Waals surface area (Å²) in [7, 11) is 0. The molecule has 25 heavy (non-hydrogen) atoms. The number of aryl methyl sites for hydroxylation is 1. The lowest BCUT2D eigenvalue weighted by Crippen LogP contribution is -2.34. The lowest BCUT2D eigenvalue weighted by molar-refractivity contribution is -0.145. The van der Waals surface area contributed by atoms with Crippen LogP contribution in [0.15, 0.2) is 35.4 Å². The van der Waals surface area contributed by atoms with Gasteiger partial charge in [0.2, 0.25) is 0 Å². The molecule has 0 unspecified atom stereocenters. The lowest BCUT2D eigenvalue weighted by Gasteiger charge is -2.10. The number of nitrogens with zero attached hydrogens (tertiary/aromatic N) is 2. The standard InChI is InChI=1S/C18H18N2O4S/c1-3-19-10-12(13-7-5-6-8-14(13)19)9-15-17(22)20(18(23)25-15)11-16(21)24-4-2/h5-10H,3-4,11H2,1-2H3/b15-9+. The average Bonchev–Trinajstić information content (AvgIpc) is 3.08. The number of esters is 1. The van der Waals surface area contributed by atoms with Gasteiger partial charge in [-0.15, -0.1) is 0 Å². The van der Waals surface area contributed by atoms with Crippen molar-refractivity contribution in [3.05, 3.63) is 40.9 Å². The van der Waals surface area contributed by atoms with Gasteiger partial charge in [0.1, 0.15) is 6.54 Å². The molecule has 1 aromatic heterocycles. The van der Waals surface area contributed by atoms with Gasteiger partial charge in [0, 0.05) is 29.2 Å². The first kappa shape index (κ1) is 17.3. The van der Waals surface area contributed by atoms with E-state index in [1.165, 1.54) is 0 Å². The van der Waals surface area contributed by atoms with Crippen molar-refractivity contribution in [3.63, 3.8) is 0 Å². The Morgan fingerprint density at radius 2 is 2.00 bits per heavy atom. The second-order valence-corrected chi connectivity index (χ2v) is 6.45. The highest BCUT2D eigenvalue weighted by molar-refractivity contribution is 8.18. The molecule has 0 N–H and O–H groups in total. The van der Waals surface area contributed by atoms with Gasteiger partial charge in [-0.1, -0.05) is 18.2 Å². The molecule has 7 heteroatoms. The van der Waals surface area contributed by atoms with Crippen LogP contribution in [0.4, 0.5) is 4.79 Å². The molecule has 0 saturated carbocycles. The van der Waals surface area contributed by atoms with Crippen molar-refractivity contribution in [1.82, 2.24) is 9.47 Å². The second-order valence-electron chi connectivity index (χ2n) is 5.46. The van der Waals surface area contributed by atoms with Crippen molar-refractivity contribution in [3.8, 4) is 0 Å². The fourth-order valence-electron chi connectivity index (χ4n) is 2.77. The van der Waals surface area contributed by atoms with Crippen molar-refractivity contribution in [1.29, 1.82) is 0 Å². The molecule has 130 valence electrons. The molecular weight excluding hydrogens is 340 g/mol. The molecule has 1 aliphatic rings. The lowest BCUT2D eigenvalue weighted by atomic mass is 10.1. The Hall–Kier alpha value is -2.54. The molecule has 2 aromatic rings. The van der Waals surface area contributed by atoms with Crippen molar-refractivity contribution in [2.75, 3.05) is 13.2 Å². The molecule has 0 radical (unpaired) electrons. The predicted molar refractivity (Wildman–Crippen MR) is 96.9 cm³/mol. The van der Waals surface area contributed by atoms with Crippen LogP contribution >= 0.6 is 11.8 Å². The third-order valence-corrected chi connectivity index (χ3v) is 4.82. The normalized spacial score (nSPS) is 16.2. The summed E-state index contributed by atoms with van der Waals surface area (Å²) in [5.41, 5.74) is 1.95. The Bertz CT molecular complexity index is 884. The molecule has 1 aromatic carbocycles. The molecule has 2 heterocycles. The summed E-state index contributed by atoms with van der Waals surface area (Å²) in [5, 5.41) is 0.560. The molecule has 0 atom stereocenters. The Labute approximate surface area is 149 Å². The second kappa shape index (κ2) is 7.14. The zero-order valence-electron chi connectivity index (χ0n) is 14.0. The summed E-state index contributed by atoms with van der Waals surface area (Å²) < 4.78 is 6.90. The van der Waals surface area contributed by atoms with Gasteiger partial charge < -0.3 is 9.30 Å². The number of aromatic nitrogens is 1. The largest absolute Gasteiger partial charge is 0.465 e. The van der Waals surface area contributed by atoms with Crippen molar-refractivity contribution in [2.45, 2.75) is 20.4 Å². The predicted octanol–water partition coefficient (Wildman–Crippen LogP) is 3.26. The minimum absolute atomic E-state index is 0.210. The van der Waals surface area contributed by atoms with Crippen LogP contribution < -0.4 is 0 Å². The van der Waals surface area contributed by atoms with Gasteiger partial charge in [-0.05, 0) is 37.8 Å². The van der Waals surface area contributed by atoms with E-state index in [0.29, 0.717) is 4.91 Å². The zero-order valence-corrected chi connectivity index (χ0v) is 14.8. The van der Waals surface area contributed by atoms with Crippen LogP contribution in [0.25, 0.3) is 17.0 Å². The molecule has 2 amide bonds. The maximum Gasteiger partial charge on any atom is 0.326 e. The van der Waals surface area contributed by atoms with E-state index in [0.717, 1.165) is 39.7 Å². The molecule has 6 nitrogen and oxygen atoms in total. The number of carbonyl (C=O) groups is 3. The molecule has 1 saturated heterocycles. The minimum Gasteiger partial charge on any atom is -0.465 e. The zero-order chi connectivity index (χ0) is 18.0. The first-order valence-electron chi connectivity index (χ1n) is 8.04. The van der Waals surface area contributed by atoms with Gasteiger partial charge >= 0.3 is 5.97 Å². The van der Waals surface area contributed by atoms with E-state index in [4.69, 9.17) is 4.74 Å². The SMILES string of the molecule is CCOC(=O)CN1C(=O)S/C(=C/c2cn(CC)c3ccccc23)C1=O. The average molecular weight is 358 g/mol. The Morgan fingerprint density at radius 1 is 1.24 bits per heavy atom. The van der Waals surface area contributed by atoms with E-state index in [2.05, 4.69) is 4.57 Å². The first-order valence-corrected chi connectivity index (χ1v) is 8.85. The van der Waals surface area contributed by atoms with E-state index in [1.54, 1.807) is 13.0 Å². The van der Waals surface area contributed by atoms with Crippen LogP contribution in [0.2, 0.25) is 0 Å². The quantitative estimate of drug-likeness (QED) is 0.606. The van der Waals surface area contributed by atoms with Crippen LogP contribution in [0, 0.1) is 0 Å². The number of amides is 2. The van der Waals surface area contributed by atoms with Gasteiger partial charge in [0.05, 0.1) is 11.5 Å². The number of hydrogen-bond acceptors (Lipinski definition) is 5. The minimum atomic E-state index is -0.589. The summed E-state index contributed by atoms with van der Waals surface area (Å²) in [5.74, 6) is -1.05. The number of imide groups is 1. The highest BCUT2D eigenvalue weighted by Gasteiger charge is 2.36. The highest BCUT2D eigenvalue weighted by atomic mass is 32.2. The van der Waals surface area contributed by atoms with Crippen LogP contribution in [0.3, 0.4) is 0 Å². The maximum atomic E-state index is 12.5. The number of benzene rings is 1. The monoisotopic (exact) mass is 358 g/mol. The van der Waals surface area contributed by atoms with Crippen molar-refractivity contribution in [2.24, 2.45) is 0 Å². The summed E-state index contributed by atoms with van der Waals surface area (Å²) in [6.45, 7) is 4.38. The van der Waals surface area contributed by atoms with E-state index in [-0.39, 0.29) is 13.2 Å². The Kier molecular flexibility index (Phi) is 4.94. The molecule has 0 aliphatic carbocycles. The number of carbonyl (C=O) groups excluding carboxylic acids is 3. The number of ether oxygens (including phenoxy) is 1. The molecular formula is C18H18N2O4S. The van der Waals surface area contributed by atoms with Crippen LogP contribution in [-0.2, 0) is 20.9 Å². The number of para-hydroxylation sites is 1. The van der Waals surface area contributed by atoms with Gasteiger partial charge in [-0.3, -0.25) is 19.3 Å². The van der Waals surface area contributed by atoms with Crippen LogP contribution in [0.5, 0.6) is 0 Å². The van der Waals surface area contributed by atoms with Crippen molar-refractivity contribution < 1.29 is 19.1 Å². The highest BCUT2D eigenvalue weighted by Crippen LogP contribution is 2.34. The van der Waals surface area contributed by atoms with Crippen molar-refractivity contribution >= 4 is 45.9 Å². The topological polar surface area (TPSA) is 68.6 Å². The summed E-state index contributed by atoms with van der Waals surface area (Å²) in [6.07, 6.45) is 3.68. The van der Waals surface area contributed by atoms with Gasteiger partial charge in [-0.2, -0.15) is 0 Å². The van der Waals surface area contributed by atoms with Crippen LogP contribution in [0.1, 0.15) is 19.4 Å². The molecule has 0 spiro atoms. The Balaban J connectivity index is 1.91. The molecule has 0 bridgehead atoms. The Morgan fingerprint density at radius 3 is 2.72 bits per heavy atom. The fraction of sp³-hybridized carbons (Fsp3) is 0.278. The summed E-state index contributed by atoms with van der Waals surface area (Å²) >= 11 is 0.844. The third kappa shape index (κ3) is 3.32. The smallest absolute Gasteiger partial charge is 0.326 e. The first-order chi connectivity index (χ1) is 12.0. The van der Waals surface area contributed by atoms with E-state index >= 15 is 0 Å². The van der Waals surface area contributed by atoms with Crippen LogP contribution in [-0.4, -0.2) is 39.7 Å². The van der Waals surface area contributed by atoms with Gasteiger partial charge in [0.25, 0.3) is 11.1 Å². The molecule has 1 fully saturated rings. The third-order valence-electron chi connectivity index (χ3n) is 3.91. The number of rotatable bonds is 5. The molecule has 3 rings (SSSR count). The maximum absolute atomic E-state index is 12.5. The fourth-order valence-corrected chi connectivity index (χ4v) is 3.59. The van der Waals surface area contributed by atoms with E-state index in [1.807, 2.05) is 37.4 Å². The van der Waals surface area contributed by atoms with Gasteiger partial charge in [0.15, 0.2) is 0 Å². The number of thioether (sulfide) groups is 1.